The summed E-state index contributed by atoms with van der Waals surface area (Å²) >= 11 is 0. The second-order valence-electron chi connectivity index (χ2n) is 3.49. The van der Waals surface area contributed by atoms with Crippen molar-refractivity contribution in [2.75, 3.05) is 47.3 Å². The van der Waals surface area contributed by atoms with Gasteiger partial charge in [0.25, 0.3) is 10.2 Å². The first-order valence-electron chi connectivity index (χ1n) is 4.31. The molecule has 0 bridgehead atoms. The molecule has 0 aromatic rings. The fraction of sp³-hybridized carbons (Fsp3) is 1.00. The zero-order chi connectivity index (χ0) is 10.1. The van der Waals surface area contributed by atoms with E-state index in [2.05, 4.69) is 4.90 Å². The third-order valence-electron chi connectivity index (χ3n) is 2.25. The number of nitrogens with zero attached hydrogens (tertiary/aromatic N) is 3. The van der Waals surface area contributed by atoms with E-state index in [4.69, 9.17) is 0 Å². The molecule has 0 amide bonds. The van der Waals surface area contributed by atoms with Crippen LogP contribution in [0.5, 0.6) is 0 Å². The van der Waals surface area contributed by atoms with E-state index in [1.54, 1.807) is 14.1 Å². The molecule has 1 fully saturated rings. The van der Waals surface area contributed by atoms with Gasteiger partial charge in [-0.15, -0.1) is 12.4 Å². The largest absolute Gasteiger partial charge is 0.304 e. The monoisotopic (exact) mass is 243 g/mol. The van der Waals surface area contributed by atoms with Crippen molar-refractivity contribution in [3.8, 4) is 0 Å². The molecule has 14 heavy (non-hydrogen) atoms. The number of halogens is 1. The minimum atomic E-state index is -3.18. The van der Waals surface area contributed by atoms with E-state index < -0.39 is 10.2 Å². The van der Waals surface area contributed by atoms with Crippen molar-refractivity contribution in [3.63, 3.8) is 0 Å². The van der Waals surface area contributed by atoms with Gasteiger partial charge in [-0.3, -0.25) is 0 Å². The van der Waals surface area contributed by atoms with Crippen molar-refractivity contribution >= 4 is 22.6 Å². The van der Waals surface area contributed by atoms with E-state index in [1.807, 2.05) is 7.05 Å². The Morgan fingerprint density at radius 3 is 1.86 bits per heavy atom. The molecule has 1 aliphatic heterocycles. The Bertz CT molecular complexity index is 260. The standard InChI is InChI=1S/C7H17N3O2S.ClH/c1-8(2)13(11,12)10-6-4-9(3)5-7-10;/h4-7H2,1-3H3;1H. The number of piperazine rings is 1. The second kappa shape index (κ2) is 5.27. The van der Waals surface area contributed by atoms with Crippen molar-refractivity contribution in [3.05, 3.63) is 0 Å². The van der Waals surface area contributed by atoms with Gasteiger partial charge in [0, 0.05) is 40.3 Å². The van der Waals surface area contributed by atoms with Gasteiger partial charge in [-0.25, -0.2) is 0 Å². The van der Waals surface area contributed by atoms with E-state index in [0.29, 0.717) is 13.1 Å². The SMILES string of the molecule is CN1CCN(S(=O)(=O)N(C)C)CC1.Cl. The molecule has 0 N–H and O–H groups in total. The third kappa shape index (κ3) is 3.06. The molecule has 7 heteroatoms. The van der Waals surface area contributed by atoms with Crippen LogP contribution in [-0.4, -0.2) is 69.3 Å². The van der Waals surface area contributed by atoms with Gasteiger partial charge < -0.3 is 4.90 Å². The van der Waals surface area contributed by atoms with Crippen molar-refractivity contribution in [2.24, 2.45) is 0 Å². The van der Waals surface area contributed by atoms with Crippen molar-refractivity contribution in [1.82, 2.24) is 13.5 Å². The molecule has 0 saturated carbocycles. The van der Waals surface area contributed by atoms with Crippen LogP contribution >= 0.6 is 12.4 Å². The van der Waals surface area contributed by atoms with Crippen molar-refractivity contribution in [1.29, 1.82) is 0 Å². The summed E-state index contributed by atoms with van der Waals surface area (Å²) < 4.78 is 26.0. The Morgan fingerprint density at radius 1 is 1.07 bits per heavy atom. The fourth-order valence-corrected chi connectivity index (χ4v) is 2.34. The van der Waals surface area contributed by atoms with Gasteiger partial charge in [0.1, 0.15) is 0 Å². The van der Waals surface area contributed by atoms with Crippen LogP contribution in [0, 0.1) is 0 Å². The van der Waals surface area contributed by atoms with Gasteiger partial charge in [0.15, 0.2) is 0 Å². The summed E-state index contributed by atoms with van der Waals surface area (Å²) in [6.07, 6.45) is 0. The smallest absolute Gasteiger partial charge is 0.281 e. The fourth-order valence-electron chi connectivity index (χ4n) is 1.25. The maximum Gasteiger partial charge on any atom is 0.281 e. The van der Waals surface area contributed by atoms with Crippen LogP contribution in [0.2, 0.25) is 0 Å². The van der Waals surface area contributed by atoms with Gasteiger partial charge in [-0.2, -0.15) is 17.0 Å². The lowest BCUT2D eigenvalue weighted by molar-refractivity contribution is 0.216. The Morgan fingerprint density at radius 2 is 1.50 bits per heavy atom. The van der Waals surface area contributed by atoms with E-state index in [1.165, 1.54) is 8.61 Å². The van der Waals surface area contributed by atoms with Crippen molar-refractivity contribution in [2.45, 2.75) is 0 Å². The molecule has 1 saturated heterocycles. The lowest BCUT2D eigenvalue weighted by Crippen LogP contribution is -2.50. The van der Waals surface area contributed by atoms with E-state index in [-0.39, 0.29) is 12.4 Å². The van der Waals surface area contributed by atoms with Gasteiger partial charge in [-0.1, -0.05) is 0 Å². The van der Waals surface area contributed by atoms with Crippen LogP contribution in [0.15, 0.2) is 0 Å². The molecule has 5 nitrogen and oxygen atoms in total. The first kappa shape index (κ1) is 14.1. The normalized spacial score (nSPS) is 20.9. The lowest BCUT2D eigenvalue weighted by Gasteiger charge is -2.32. The quantitative estimate of drug-likeness (QED) is 0.655. The Hall–Kier alpha value is 0.120. The maximum atomic E-state index is 11.6. The summed E-state index contributed by atoms with van der Waals surface area (Å²) in [5.41, 5.74) is 0. The van der Waals surface area contributed by atoms with Crippen molar-refractivity contribution < 1.29 is 8.42 Å². The molecule has 0 aromatic heterocycles. The molecule has 0 spiro atoms. The van der Waals surface area contributed by atoms with Crippen LogP contribution in [0.25, 0.3) is 0 Å². The summed E-state index contributed by atoms with van der Waals surface area (Å²) in [5.74, 6) is 0. The van der Waals surface area contributed by atoms with E-state index in [9.17, 15) is 8.42 Å². The molecule has 1 rings (SSSR count). The zero-order valence-corrected chi connectivity index (χ0v) is 10.4. The maximum absolute atomic E-state index is 11.6. The average molecular weight is 244 g/mol. The molecule has 0 radical (unpaired) electrons. The highest BCUT2D eigenvalue weighted by Gasteiger charge is 2.26. The minimum absolute atomic E-state index is 0. The molecular weight excluding hydrogens is 226 g/mol. The van der Waals surface area contributed by atoms with Gasteiger partial charge in [0.2, 0.25) is 0 Å². The van der Waals surface area contributed by atoms with E-state index >= 15 is 0 Å². The Labute approximate surface area is 92.3 Å². The van der Waals surface area contributed by atoms with Gasteiger partial charge >= 0.3 is 0 Å². The molecule has 1 heterocycles. The predicted molar refractivity (Wildman–Crippen MR) is 58.9 cm³/mol. The van der Waals surface area contributed by atoms with E-state index in [0.717, 1.165) is 13.1 Å². The summed E-state index contributed by atoms with van der Waals surface area (Å²) in [6.45, 7) is 2.81. The molecule has 1 aliphatic rings. The zero-order valence-electron chi connectivity index (χ0n) is 8.80. The van der Waals surface area contributed by atoms with Crippen LogP contribution in [0.1, 0.15) is 0 Å². The van der Waals surface area contributed by atoms with Crippen LogP contribution < -0.4 is 0 Å². The Balaban J connectivity index is 0.00000169. The van der Waals surface area contributed by atoms with Gasteiger partial charge in [-0.05, 0) is 7.05 Å². The molecule has 86 valence electrons. The summed E-state index contributed by atoms with van der Waals surface area (Å²) in [5, 5.41) is 0. The number of hydrogen-bond acceptors (Lipinski definition) is 3. The van der Waals surface area contributed by atoms with Crippen LogP contribution in [0.3, 0.4) is 0 Å². The molecular formula is C7H18ClN3O2S. The third-order valence-corrected chi connectivity index (χ3v) is 4.19. The molecule has 0 atom stereocenters. The highest BCUT2D eigenvalue weighted by atomic mass is 35.5. The predicted octanol–water partition coefficient (Wildman–Crippen LogP) is -0.538. The summed E-state index contributed by atoms with van der Waals surface area (Å²) in [4.78, 5) is 2.13. The second-order valence-corrected chi connectivity index (χ2v) is 5.63. The first-order chi connectivity index (χ1) is 5.94. The highest BCUT2D eigenvalue weighted by Crippen LogP contribution is 2.07. The van der Waals surface area contributed by atoms with Crippen LogP contribution in [-0.2, 0) is 10.2 Å². The molecule has 0 aromatic carbocycles. The Kier molecular flexibility index (Phi) is 5.32. The first-order valence-corrected chi connectivity index (χ1v) is 5.70. The number of likely N-dealkylation sites (N-methyl/N-ethyl adjacent to an activating group) is 1. The highest BCUT2D eigenvalue weighted by molar-refractivity contribution is 7.86. The van der Waals surface area contributed by atoms with Gasteiger partial charge in [0.05, 0.1) is 0 Å². The molecule has 0 unspecified atom stereocenters. The number of hydrogen-bond donors (Lipinski definition) is 0. The lowest BCUT2D eigenvalue weighted by atomic mass is 10.4. The topological polar surface area (TPSA) is 43.9 Å². The molecule has 0 aliphatic carbocycles. The number of rotatable bonds is 2. The average Bonchev–Trinajstić information content (AvgIpc) is 2.04. The van der Waals surface area contributed by atoms with Crippen LogP contribution in [0.4, 0.5) is 0 Å². The minimum Gasteiger partial charge on any atom is -0.304 e. The summed E-state index contributed by atoms with van der Waals surface area (Å²) in [7, 11) is 1.94. The summed E-state index contributed by atoms with van der Waals surface area (Å²) in [6, 6.07) is 0.